The van der Waals surface area contributed by atoms with Crippen LogP contribution >= 0.6 is 27.7 Å². The summed E-state index contributed by atoms with van der Waals surface area (Å²) in [6, 6.07) is 3.83. The Bertz CT molecular complexity index is 1430. The van der Waals surface area contributed by atoms with E-state index in [0.29, 0.717) is 23.1 Å². The lowest BCUT2D eigenvalue weighted by Crippen LogP contribution is -2.43. The number of hydrogen-bond donors (Lipinski definition) is 1. The molecule has 3 aliphatic heterocycles. The number of fused-ring (bicyclic) bond motifs is 4. The van der Waals surface area contributed by atoms with Gasteiger partial charge in [0.15, 0.2) is 5.82 Å². The first kappa shape index (κ1) is 23.1. The molecule has 1 N–H and O–H groups in total. The number of likely N-dealkylation sites (tertiary alicyclic amines) is 1. The molecule has 35 heavy (non-hydrogen) atoms. The lowest BCUT2D eigenvalue weighted by atomic mass is 9.79. The molecule has 2 amide bonds. The summed E-state index contributed by atoms with van der Waals surface area (Å²) in [6.07, 6.45) is 3.63. The van der Waals surface area contributed by atoms with Crippen molar-refractivity contribution < 1.29 is 19.1 Å². The number of nitrogens with zero attached hydrogens (tertiary/aromatic N) is 4. The van der Waals surface area contributed by atoms with Gasteiger partial charge in [0, 0.05) is 42.4 Å². The number of aromatic nitrogens is 2. The number of halogens is 2. The molecule has 7 rings (SSSR count). The molecular weight excluding hydrogens is 535 g/mol. The number of aryl methyl sites for hydroxylation is 1. The molecule has 1 aliphatic carbocycles. The molecule has 184 valence electrons. The largest absolute Gasteiger partial charge is 0.465 e. The maximum Gasteiger partial charge on any atom is 0.407 e. The fourth-order valence-corrected chi connectivity index (χ4v) is 7.42. The Morgan fingerprint density at radius 1 is 1.26 bits per heavy atom. The van der Waals surface area contributed by atoms with Crippen molar-refractivity contribution in [2.24, 2.45) is 5.92 Å². The number of carbonyl (C=O) groups is 2. The highest BCUT2D eigenvalue weighted by Crippen LogP contribution is 2.54. The van der Waals surface area contributed by atoms with Crippen molar-refractivity contribution in [1.29, 1.82) is 0 Å². The minimum Gasteiger partial charge on any atom is -0.465 e. The van der Waals surface area contributed by atoms with E-state index in [9.17, 15) is 14.7 Å². The summed E-state index contributed by atoms with van der Waals surface area (Å²) >= 11 is 4.85. The molecule has 0 spiro atoms. The molecule has 2 aromatic heterocycles. The van der Waals surface area contributed by atoms with E-state index in [1.165, 1.54) is 11.8 Å². The normalized spacial score (nSPS) is 25.6. The van der Waals surface area contributed by atoms with E-state index >= 15 is 4.39 Å². The predicted molar refractivity (Wildman–Crippen MR) is 136 cm³/mol. The fraction of sp³-hybridized carbons (Fsp3) is 0.480. The first-order valence-electron chi connectivity index (χ1n) is 11.9. The van der Waals surface area contributed by atoms with E-state index in [1.807, 2.05) is 24.1 Å². The highest BCUT2D eigenvalue weighted by molar-refractivity contribution is 9.10. The van der Waals surface area contributed by atoms with Gasteiger partial charge in [0.25, 0.3) is 0 Å². The Hall–Kier alpha value is -2.33. The highest BCUT2D eigenvalue weighted by Gasteiger charge is 2.56. The Morgan fingerprint density at radius 3 is 2.69 bits per heavy atom. The molecule has 0 radical (unpaired) electrons. The van der Waals surface area contributed by atoms with Gasteiger partial charge in [0.2, 0.25) is 5.91 Å². The number of hydrogen-bond acceptors (Lipinski definition) is 4. The second kappa shape index (κ2) is 8.09. The van der Waals surface area contributed by atoms with Gasteiger partial charge in [0.1, 0.15) is 10.5 Å². The van der Waals surface area contributed by atoms with Crippen molar-refractivity contribution in [1.82, 2.24) is 19.4 Å². The Labute approximate surface area is 214 Å². The SMILES string of the molecule is CSc1nc2c(F)c(Br)c(C)cc2c2c1cc(C1CCCN1C(C)=O)n2[C@H]1[C@@H]2C[C@H]1N(C(=O)O)C2. The minimum atomic E-state index is -0.897. The summed E-state index contributed by atoms with van der Waals surface area (Å²) in [5, 5.41) is 12.2. The Kier molecular flexibility index (Phi) is 5.34. The molecule has 3 aromatic rings. The van der Waals surface area contributed by atoms with Gasteiger partial charge in [0.05, 0.1) is 28.1 Å². The molecule has 10 heteroatoms. The molecule has 1 aromatic carbocycles. The average Bonchev–Trinajstić information content (AvgIpc) is 3.58. The molecule has 5 heterocycles. The van der Waals surface area contributed by atoms with Gasteiger partial charge < -0.3 is 19.5 Å². The summed E-state index contributed by atoms with van der Waals surface area (Å²) < 4.78 is 18.1. The van der Waals surface area contributed by atoms with Crippen LogP contribution < -0.4 is 0 Å². The number of rotatable bonds is 3. The zero-order valence-corrected chi connectivity index (χ0v) is 22.1. The van der Waals surface area contributed by atoms with Gasteiger partial charge in [-0.3, -0.25) is 4.79 Å². The van der Waals surface area contributed by atoms with E-state index in [-0.39, 0.29) is 35.8 Å². The van der Waals surface area contributed by atoms with Crippen molar-refractivity contribution in [2.75, 3.05) is 19.3 Å². The number of carbonyl (C=O) groups excluding carboxylic acids is 1. The molecule has 7 nitrogen and oxygen atoms in total. The van der Waals surface area contributed by atoms with Gasteiger partial charge >= 0.3 is 6.09 Å². The summed E-state index contributed by atoms with van der Waals surface area (Å²) in [4.78, 5) is 32.6. The van der Waals surface area contributed by atoms with Gasteiger partial charge in [-0.2, -0.15) is 0 Å². The summed E-state index contributed by atoms with van der Waals surface area (Å²) in [6.45, 7) is 4.67. The van der Waals surface area contributed by atoms with Crippen LogP contribution in [0.25, 0.3) is 21.8 Å². The third-order valence-electron chi connectivity index (χ3n) is 8.12. The lowest BCUT2D eigenvalue weighted by molar-refractivity contribution is -0.129. The van der Waals surface area contributed by atoms with Crippen LogP contribution in [0.15, 0.2) is 21.6 Å². The minimum absolute atomic E-state index is 0.0342. The maximum absolute atomic E-state index is 15.5. The fourth-order valence-electron chi connectivity index (χ4n) is 6.55. The molecule has 1 unspecified atom stereocenters. The third kappa shape index (κ3) is 3.18. The van der Waals surface area contributed by atoms with Crippen molar-refractivity contribution >= 4 is 61.5 Å². The van der Waals surface area contributed by atoms with Crippen LogP contribution in [0.1, 0.15) is 49.5 Å². The van der Waals surface area contributed by atoms with E-state index in [2.05, 4.69) is 26.6 Å². The monoisotopic (exact) mass is 560 g/mol. The molecule has 1 saturated carbocycles. The second-order valence-corrected chi connectivity index (χ2v) is 11.5. The van der Waals surface area contributed by atoms with Crippen LogP contribution in [0.3, 0.4) is 0 Å². The number of pyridine rings is 1. The van der Waals surface area contributed by atoms with E-state index in [1.54, 1.807) is 11.8 Å². The molecule has 4 aliphatic rings. The molecule has 2 bridgehead atoms. The zero-order chi connectivity index (χ0) is 24.8. The van der Waals surface area contributed by atoms with Crippen LogP contribution in [-0.4, -0.2) is 61.8 Å². The zero-order valence-electron chi connectivity index (χ0n) is 19.7. The topological polar surface area (TPSA) is 78.7 Å². The van der Waals surface area contributed by atoms with Crippen LogP contribution in [0.4, 0.5) is 9.18 Å². The van der Waals surface area contributed by atoms with Crippen molar-refractivity contribution in [3.8, 4) is 0 Å². The van der Waals surface area contributed by atoms with E-state index in [0.717, 1.165) is 51.8 Å². The average molecular weight is 561 g/mol. The quantitative estimate of drug-likeness (QED) is 0.414. The predicted octanol–water partition coefficient (Wildman–Crippen LogP) is 5.73. The van der Waals surface area contributed by atoms with Crippen LogP contribution in [0.2, 0.25) is 0 Å². The van der Waals surface area contributed by atoms with E-state index < -0.39 is 6.09 Å². The first-order valence-corrected chi connectivity index (χ1v) is 13.9. The van der Waals surface area contributed by atoms with Gasteiger partial charge in [-0.25, -0.2) is 14.2 Å². The Balaban J connectivity index is 1.69. The van der Waals surface area contributed by atoms with Crippen LogP contribution in [0.5, 0.6) is 0 Å². The van der Waals surface area contributed by atoms with Gasteiger partial charge in [-0.1, -0.05) is 0 Å². The van der Waals surface area contributed by atoms with Crippen molar-refractivity contribution in [3.05, 3.63) is 33.7 Å². The second-order valence-electron chi connectivity index (χ2n) is 9.90. The lowest BCUT2D eigenvalue weighted by Gasteiger charge is -2.40. The molecular formula is C25H26BrFN4O3S. The van der Waals surface area contributed by atoms with E-state index in [4.69, 9.17) is 4.98 Å². The first-order chi connectivity index (χ1) is 16.7. The number of amides is 2. The summed E-state index contributed by atoms with van der Waals surface area (Å²) in [5.41, 5.74) is 2.98. The number of carboxylic acid groups (broad SMARTS) is 1. The number of thioether (sulfide) groups is 1. The third-order valence-corrected chi connectivity index (χ3v) is 9.79. The van der Waals surface area contributed by atoms with Crippen molar-refractivity contribution in [2.45, 2.75) is 56.3 Å². The molecule has 3 saturated heterocycles. The smallest absolute Gasteiger partial charge is 0.407 e. The highest BCUT2D eigenvalue weighted by atomic mass is 79.9. The van der Waals surface area contributed by atoms with Crippen LogP contribution in [0, 0.1) is 18.7 Å². The molecule has 4 atom stereocenters. The van der Waals surface area contributed by atoms with Gasteiger partial charge in [-0.15, -0.1) is 11.8 Å². The maximum atomic E-state index is 15.5. The van der Waals surface area contributed by atoms with Crippen LogP contribution in [-0.2, 0) is 4.79 Å². The summed E-state index contributed by atoms with van der Waals surface area (Å²) in [5.74, 6) is -0.159. The number of benzene rings is 1. The Morgan fingerprint density at radius 2 is 2.03 bits per heavy atom. The van der Waals surface area contributed by atoms with Gasteiger partial charge in [-0.05, 0) is 66.1 Å². The van der Waals surface area contributed by atoms with Crippen molar-refractivity contribution in [3.63, 3.8) is 0 Å². The summed E-state index contributed by atoms with van der Waals surface area (Å²) in [7, 11) is 0. The molecule has 4 fully saturated rings. The standard InChI is InChI=1S/C25H26BrFN4O3S/c1-11-7-14-21(20(27)19(11)26)28-24(35-3)15-9-17(16-5-4-6-29(16)12(2)32)31(23(14)15)22-13-8-18(22)30(10-13)25(33)34/h7,9,13,16,18,22H,4-6,8,10H2,1-3H3,(H,33,34)/t13-,16?,18-,22+/m1/s1.